The number of benzene rings is 2. The molecule has 6 nitrogen and oxygen atoms in total. The lowest BCUT2D eigenvalue weighted by molar-refractivity contribution is 0.0968. The van der Waals surface area contributed by atoms with Gasteiger partial charge in [-0.05, 0) is 43.5 Å². The minimum absolute atomic E-state index is 0.186. The Balaban J connectivity index is 1.87. The molecule has 0 aliphatic carbocycles. The quantitative estimate of drug-likeness (QED) is 0.521. The summed E-state index contributed by atoms with van der Waals surface area (Å²) in [6, 6.07) is 12.1. The van der Waals surface area contributed by atoms with Crippen molar-refractivity contribution in [3.05, 3.63) is 52.1 Å². The molecule has 1 aliphatic heterocycles. The Hall–Kier alpha value is -2.77. The van der Waals surface area contributed by atoms with Crippen LogP contribution in [0.2, 0.25) is 0 Å². The highest BCUT2D eigenvalue weighted by Crippen LogP contribution is 2.41. The third kappa shape index (κ3) is 4.48. The minimum atomic E-state index is 0.186. The first kappa shape index (κ1) is 21.5. The highest BCUT2D eigenvalue weighted by atomic mass is 32.1. The van der Waals surface area contributed by atoms with Crippen molar-refractivity contribution in [2.75, 3.05) is 27.9 Å². The third-order valence-electron chi connectivity index (χ3n) is 5.50. The number of ether oxygens (including phenoxy) is 4. The van der Waals surface area contributed by atoms with Crippen LogP contribution < -0.4 is 19.0 Å². The maximum atomic E-state index is 5.95. The Labute approximate surface area is 186 Å². The summed E-state index contributed by atoms with van der Waals surface area (Å²) in [7, 11) is 4.88. The summed E-state index contributed by atoms with van der Waals surface area (Å²) < 4.78 is 24.8. The highest BCUT2D eigenvalue weighted by molar-refractivity contribution is 7.07. The standard InChI is InChI=1S/C24H28N2O4S/c1-16-8-5-6-10-19(16)25-24-26(14-18-9-7-11-30-18)20(15-31-24)17-12-21(27-2)23(29-4)22(13-17)28-3/h5-6,8,10,12-13,15,18H,7,9,11,14H2,1-4H3/t18-/m1/s1. The molecule has 0 spiro atoms. The Kier molecular flexibility index (Phi) is 6.63. The van der Waals surface area contributed by atoms with Gasteiger partial charge in [-0.15, -0.1) is 11.3 Å². The average molecular weight is 441 g/mol. The van der Waals surface area contributed by atoms with E-state index in [1.165, 1.54) is 0 Å². The molecule has 1 aliphatic rings. The molecule has 1 atom stereocenters. The maximum Gasteiger partial charge on any atom is 0.203 e. The molecule has 2 aromatic carbocycles. The molecule has 1 aromatic heterocycles. The minimum Gasteiger partial charge on any atom is -0.493 e. The molecular weight excluding hydrogens is 412 g/mol. The zero-order valence-corrected chi connectivity index (χ0v) is 19.2. The average Bonchev–Trinajstić information content (AvgIpc) is 3.45. The van der Waals surface area contributed by atoms with Gasteiger partial charge in [-0.2, -0.15) is 0 Å². The Morgan fingerprint density at radius 2 is 1.84 bits per heavy atom. The molecule has 1 fully saturated rings. The van der Waals surface area contributed by atoms with E-state index in [1.54, 1.807) is 32.7 Å². The van der Waals surface area contributed by atoms with Crippen molar-refractivity contribution in [1.82, 2.24) is 4.57 Å². The van der Waals surface area contributed by atoms with Crippen LogP contribution in [0.3, 0.4) is 0 Å². The van der Waals surface area contributed by atoms with Crippen molar-refractivity contribution < 1.29 is 18.9 Å². The van der Waals surface area contributed by atoms with Gasteiger partial charge in [0.25, 0.3) is 0 Å². The molecule has 0 radical (unpaired) electrons. The van der Waals surface area contributed by atoms with Crippen LogP contribution in [0, 0.1) is 6.92 Å². The second-order valence-corrected chi connectivity index (χ2v) is 8.30. The number of aryl methyl sites for hydroxylation is 1. The number of thiazole rings is 1. The van der Waals surface area contributed by atoms with E-state index in [2.05, 4.69) is 22.9 Å². The summed E-state index contributed by atoms with van der Waals surface area (Å²) in [5.74, 6) is 1.84. The van der Waals surface area contributed by atoms with Crippen LogP contribution in [-0.2, 0) is 11.3 Å². The molecule has 0 N–H and O–H groups in total. The van der Waals surface area contributed by atoms with Gasteiger partial charge in [0.2, 0.25) is 5.75 Å². The van der Waals surface area contributed by atoms with E-state index in [1.807, 2.05) is 30.3 Å². The lowest BCUT2D eigenvalue weighted by Gasteiger charge is -2.17. The summed E-state index contributed by atoms with van der Waals surface area (Å²) in [5.41, 5.74) is 4.15. The van der Waals surface area contributed by atoms with Gasteiger partial charge < -0.3 is 23.5 Å². The molecule has 1 saturated heterocycles. The summed E-state index contributed by atoms with van der Waals surface area (Å²) in [5, 5.41) is 2.13. The highest BCUT2D eigenvalue weighted by Gasteiger charge is 2.21. The van der Waals surface area contributed by atoms with Crippen molar-refractivity contribution in [3.8, 4) is 28.5 Å². The molecule has 0 amide bonds. The van der Waals surface area contributed by atoms with Gasteiger partial charge in [0, 0.05) is 17.6 Å². The van der Waals surface area contributed by atoms with Gasteiger partial charge in [-0.3, -0.25) is 0 Å². The Bertz CT molecular complexity index is 1090. The summed E-state index contributed by atoms with van der Waals surface area (Å²) in [4.78, 5) is 5.92. The van der Waals surface area contributed by atoms with E-state index in [9.17, 15) is 0 Å². The smallest absolute Gasteiger partial charge is 0.203 e. The van der Waals surface area contributed by atoms with Crippen LogP contribution in [0.5, 0.6) is 17.2 Å². The van der Waals surface area contributed by atoms with Gasteiger partial charge in [0.1, 0.15) is 0 Å². The number of hydrogen-bond acceptors (Lipinski definition) is 6. The third-order valence-corrected chi connectivity index (χ3v) is 6.36. The van der Waals surface area contributed by atoms with E-state index in [4.69, 9.17) is 23.9 Å². The lowest BCUT2D eigenvalue weighted by atomic mass is 10.1. The number of methoxy groups -OCH3 is 3. The zero-order valence-electron chi connectivity index (χ0n) is 18.4. The van der Waals surface area contributed by atoms with Crippen molar-refractivity contribution >= 4 is 17.0 Å². The SMILES string of the molecule is COc1cc(-c2csc(=Nc3ccccc3C)n2C[C@H]2CCCO2)cc(OC)c1OC. The number of rotatable bonds is 7. The first-order chi connectivity index (χ1) is 15.1. The predicted molar refractivity (Wildman–Crippen MR) is 123 cm³/mol. The molecule has 0 bridgehead atoms. The second kappa shape index (κ2) is 9.58. The zero-order chi connectivity index (χ0) is 21.8. The fourth-order valence-corrected chi connectivity index (χ4v) is 4.77. The van der Waals surface area contributed by atoms with E-state index in [0.717, 1.165) is 53.3 Å². The van der Waals surface area contributed by atoms with Crippen LogP contribution in [0.4, 0.5) is 5.69 Å². The van der Waals surface area contributed by atoms with Gasteiger partial charge >= 0.3 is 0 Å². The van der Waals surface area contributed by atoms with Crippen LogP contribution in [0.25, 0.3) is 11.3 Å². The largest absolute Gasteiger partial charge is 0.493 e. The summed E-state index contributed by atoms with van der Waals surface area (Å²) in [6.45, 7) is 3.65. The fourth-order valence-electron chi connectivity index (χ4n) is 3.84. The van der Waals surface area contributed by atoms with Crippen molar-refractivity contribution in [3.63, 3.8) is 0 Å². The maximum absolute atomic E-state index is 5.95. The van der Waals surface area contributed by atoms with Gasteiger partial charge in [-0.1, -0.05) is 18.2 Å². The number of hydrogen-bond donors (Lipinski definition) is 0. The number of aromatic nitrogens is 1. The van der Waals surface area contributed by atoms with Gasteiger partial charge in [-0.25, -0.2) is 4.99 Å². The fraction of sp³-hybridized carbons (Fsp3) is 0.375. The first-order valence-corrected chi connectivity index (χ1v) is 11.2. The molecule has 31 heavy (non-hydrogen) atoms. The topological polar surface area (TPSA) is 54.2 Å². The molecule has 7 heteroatoms. The van der Waals surface area contributed by atoms with Gasteiger partial charge in [0.15, 0.2) is 16.3 Å². The lowest BCUT2D eigenvalue weighted by Crippen LogP contribution is -2.24. The van der Waals surface area contributed by atoms with E-state index < -0.39 is 0 Å². The Morgan fingerprint density at radius 3 is 2.45 bits per heavy atom. The van der Waals surface area contributed by atoms with Crippen molar-refractivity contribution in [2.45, 2.75) is 32.4 Å². The molecular formula is C24H28N2O4S. The molecule has 164 valence electrons. The van der Waals surface area contributed by atoms with Crippen molar-refractivity contribution in [1.29, 1.82) is 0 Å². The second-order valence-electron chi connectivity index (χ2n) is 7.46. The predicted octanol–water partition coefficient (Wildman–Crippen LogP) is 4.96. The molecule has 0 saturated carbocycles. The first-order valence-electron chi connectivity index (χ1n) is 10.3. The van der Waals surface area contributed by atoms with E-state index in [-0.39, 0.29) is 6.10 Å². The van der Waals surface area contributed by atoms with Crippen LogP contribution in [-0.4, -0.2) is 38.6 Å². The van der Waals surface area contributed by atoms with E-state index in [0.29, 0.717) is 17.2 Å². The van der Waals surface area contributed by atoms with Crippen molar-refractivity contribution in [2.24, 2.45) is 4.99 Å². The van der Waals surface area contributed by atoms with E-state index >= 15 is 0 Å². The molecule has 2 heterocycles. The summed E-state index contributed by atoms with van der Waals surface area (Å²) >= 11 is 1.62. The Morgan fingerprint density at radius 1 is 1.10 bits per heavy atom. The molecule has 4 rings (SSSR count). The monoisotopic (exact) mass is 440 g/mol. The van der Waals surface area contributed by atoms with Gasteiger partial charge in [0.05, 0.1) is 45.4 Å². The summed E-state index contributed by atoms with van der Waals surface area (Å²) in [6.07, 6.45) is 2.34. The number of nitrogens with zero attached hydrogens (tertiary/aromatic N) is 2. The number of para-hydroxylation sites is 1. The van der Waals surface area contributed by atoms with Crippen LogP contribution >= 0.6 is 11.3 Å². The van der Waals surface area contributed by atoms with Crippen LogP contribution in [0.1, 0.15) is 18.4 Å². The normalized spacial score (nSPS) is 16.5. The molecule has 3 aromatic rings. The van der Waals surface area contributed by atoms with Crippen LogP contribution in [0.15, 0.2) is 46.8 Å². The molecule has 0 unspecified atom stereocenters.